The maximum Gasteiger partial charge on any atom is 0.323 e. The van der Waals surface area contributed by atoms with Gasteiger partial charge in [-0.15, -0.1) is 0 Å². The lowest BCUT2D eigenvalue weighted by atomic mass is 10.3. The Morgan fingerprint density at radius 2 is 1.67 bits per heavy atom. The van der Waals surface area contributed by atoms with E-state index in [-0.39, 0.29) is 17.2 Å². The van der Waals surface area contributed by atoms with Crippen molar-refractivity contribution < 1.29 is 17.9 Å². The highest BCUT2D eigenvalue weighted by atomic mass is 35.5. The number of anilines is 2. The topological polar surface area (TPSA) is 124 Å². The molecule has 0 saturated carbocycles. The Labute approximate surface area is 194 Å². The van der Waals surface area contributed by atoms with E-state index in [9.17, 15) is 18.0 Å². The molecule has 0 aliphatic carbocycles. The zero-order valence-corrected chi connectivity index (χ0v) is 18.9. The number of hydrogen-bond acceptors (Lipinski definition) is 5. The Bertz CT molecular complexity index is 1460. The molecule has 0 fully saturated rings. The second-order valence-corrected chi connectivity index (χ2v) is 9.50. The van der Waals surface area contributed by atoms with Crippen LogP contribution in [-0.4, -0.2) is 37.9 Å². The number of halogens is 1. The number of aromatic nitrogens is 2. The number of sulfonamides is 1. The van der Waals surface area contributed by atoms with Crippen LogP contribution in [0.1, 0.15) is 0 Å². The lowest BCUT2D eigenvalue weighted by Crippen LogP contribution is -2.26. The van der Waals surface area contributed by atoms with Crippen molar-refractivity contribution in [2.75, 3.05) is 23.3 Å². The van der Waals surface area contributed by atoms with E-state index in [4.69, 9.17) is 16.3 Å². The van der Waals surface area contributed by atoms with Crippen LogP contribution in [-0.2, 0) is 14.8 Å². The smallest absolute Gasteiger partial charge is 0.323 e. The van der Waals surface area contributed by atoms with Crippen molar-refractivity contribution in [3.63, 3.8) is 0 Å². The van der Waals surface area contributed by atoms with E-state index < -0.39 is 15.9 Å². The summed E-state index contributed by atoms with van der Waals surface area (Å²) < 4.78 is 32.2. The third kappa shape index (κ3) is 5.02. The van der Waals surface area contributed by atoms with Gasteiger partial charge in [0, 0.05) is 17.8 Å². The first-order valence-corrected chi connectivity index (χ1v) is 11.5. The number of hydrogen-bond donors (Lipinski definition) is 3. The van der Waals surface area contributed by atoms with Gasteiger partial charge in [-0.2, -0.15) is 0 Å². The van der Waals surface area contributed by atoms with Crippen molar-refractivity contribution in [1.82, 2.24) is 9.97 Å². The maximum absolute atomic E-state index is 12.8. The molecule has 1 amide bonds. The van der Waals surface area contributed by atoms with Crippen LogP contribution in [0.25, 0.3) is 11.0 Å². The number of aromatic amines is 2. The summed E-state index contributed by atoms with van der Waals surface area (Å²) in [5, 5.41) is 3.13. The number of benzene rings is 3. The highest BCUT2D eigenvalue weighted by Crippen LogP contribution is 2.25. The number of carbonyl (C=O) groups excluding carboxylic acids is 1. The number of nitrogens with zero attached hydrogens (tertiary/aromatic N) is 1. The molecule has 11 heteroatoms. The molecule has 0 aliphatic heterocycles. The molecule has 33 heavy (non-hydrogen) atoms. The number of fused-ring (bicyclic) bond motifs is 1. The van der Waals surface area contributed by atoms with E-state index in [1.165, 1.54) is 31.3 Å². The summed E-state index contributed by atoms with van der Waals surface area (Å²) in [6, 6.07) is 17.2. The molecule has 0 spiro atoms. The minimum absolute atomic E-state index is 0.119. The highest BCUT2D eigenvalue weighted by Gasteiger charge is 2.21. The number of nitrogens with one attached hydrogen (secondary N) is 3. The van der Waals surface area contributed by atoms with Gasteiger partial charge in [0.1, 0.15) is 5.75 Å². The predicted molar refractivity (Wildman–Crippen MR) is 127 cm³/mol. The van der Waals surface area contributed by atoms with Crippen molar-refractivity contribution in [2.45, 2.75) is 4.90 Å². The van der Waals surface area contributed by atoms with Crippen LogP contribution in [0.5, 0.6) is 5.75 Å². The fourth-order valence-corrected chi connectivity index (χ4v) is 4.43. The van der Waals surface area contributed by atoms with E-state index in [1.54, 1.807) is 42.5 Å². The van der Waals surface area contributed by atoms with Gasteiger partial charge in [-0.3, -0.25) is 9.10 Å². The number of amides is 1. The molecule has 4 rings (SSSR count). The van der Waals surface area contributed by atoms with Crippen molar-refractivity contribution in [3.05, 3.63) is 82.2 Å². The summed E-state index contributed by atoms with van der Waals surface area (Å²) >= 11 is 5.83. The van der Waals surface area contributed by atoms with E-state index in [2.05, 4.69) is 15.3 Å². The van der Waals surface area contributed by atoms with Crippen molar-refractivity contribution in [2.24, 2.45) is 0 Å². The van der Waals surface area contributed by atoms with Gasteiger partial charge in [-0.25, -0.2) is 13.2 Å². The van der Waals surface area contributed by atoms with Crippen LogP contribution >= 0.6 is 11.6 Å². The molecule has 0 atom stereocenters. The lowest BCUT2D eigenvalue weighted by molar-refractivity contribution is -0.118. The van der Waals surface area contributed by atoms with Crippen LogP contribution in [0.3, 0.4) is 0 Å². The summed E-state index contributed by atoms with van der Waals surface area (Å²) in [6.45, 7) is -0.250. The predicted octanol–water partition coefficient (Wildman–Crippen LogP) is 3.35. The molecular weight excluding hydrogens is 468 g/mol. The average Bonchev–Trinajstić information content (AvgIpc) is 3.17. The van der Waals surface area contributed by atoms with Gasteiger partial charge in [0.2, 0.25) is 0 Å². The minimum Gasteiger partial charge on any atom is -0.484 e. The standard InChI is InChI=1S/C22H19ClN4O5S/c1-27(33(30,31)18-9-2-14(23)3-10-18)16-5-7-17(8-6-16)32-13-21(28)24-15-4-11-19-20(12-15)26-22(29)25-19/h2-12H,13H2,1H3,(H,24,28)(H2,25,26,29). The molecule has 3 N–H and O–H groups in total. The van der Waals surface area contributed by atoms with Crippen LogP contribution in [0, 0.1) is 0 Å². The molecule has 3 aromatic carbocycles. The Hall–Kier alpha value is -3.76. The van der Waals surface area contributed by atoms with Crippen molar-refractivity contribution >= 4 is 49.9 Å². The summed E-state index contributed by atoms with van der Waals surface area (Å²) in [5.41, 5.74) is 1.82. The third-order valence-electron chi connectivity index (χ3n) is 4.84. The third-order valence-corrected chi connectivity index (χ3v) is 6.89. The zero-order chi connectivity index (χ0) is 23.6. The molecule has 1 aromatic heterocycles. The number of H-pyrrole nitrogens is 2. The largest absolute Gasteiger partial charge is 0.484 e. The van der Waals surface area contributed by atoms with Crippen molar-refractivity contribution in [1.29, 1.82) is 0 Å². The van der Waals surface area contributed by atoms with E-state index >= 15 is 0 Å². The number of rotatable bonds is 7. The Morgan fingerprint density at radius 1 is 1.00 bits per heavy atom. The first-order chi connectivity index (χ1) is 15.7. The first kappa shape index (κ1) is 22.4. The Kier molecular flexibility index (Phi) is 6.12. The SMILES string of the molecule is CN(c1ccc(OCC(=O)Nc2ccc3[nH]c(=O)[nH]c3c2)cc1)S(=O)(=O)c1ccc(Cl)cc1. The molecule has 0 saturated heterocycles. The van der Waals surface area contributed by atoms with Crippen molar-refractivity contribution in [3.8, 4) is 5.75 Å². The van der Waals surface area contributed by atoms with Crippen LogP contribution < -0.4 is 20.0 Å². The molecule has 0 unspecified atom stereocenters. The van der Waals surface area contributed by atoms with Crippen LogP contribution in [0.2, 0.25) is 5.02 Å². The van der Waals surface area contributed by atoms with Gasteiger partial charge in [0.15, 0.2) is 6.61 Å². The Balaban J connectivity index is 1.37. The molecule has 170 valence electrons. The second-order valence-electron chi connectivity index (χ2n) is 7.10. The van der Waals surface area contributed by atoms with Gasteiger partial charge in [-0.1, -0.05) is 11.6 Å². The molecule has 9 nitrogen and oxygen atoms in total. The average molecular weight is 487 g/mol. The van der Waals surface area contributed by atoms with Crippen LogP contribution in [0.4, 0.5) is 11.4 Å². The summed E-state index contributed by atoms with van der Waals surface area (Å²) in [4.78, 5) is 28.9. The fourth-order valence-electron chi connectivity index (χ4n) is 3.11. The van der Waals surface area contributed by atoms with E-state index in [0.29, 0.717) is 33.2 Å². The maximum atomic E-state index is 12.8. The molecule has 0 bridgehead atoms. The number of ether oxygens (including phenoxy) is 1. The first-order valence-electron chi connectivity index (χ1n) is 9.72. The monoisotopic (exact) mass is 486 g/mol. The lowest BCUT2D eigenvalue weighted by Gasteiger charge is -2.20. The zero-order valence-electron chi connectivity index (χ0n) is 17.3. The number of imidazole rings is 1. The molecular formula is C22H19ClN4O5S. The molecule has 4 aromatic rings. The summed E-state index contributed by atoms with van der Waals surface area (Å²) in [5.74, 6) is 0.00958. The van der Waals surface area contributed by atoms with Gasteiger partial charge in [0.25, 0.3) is 15.9 Å². The molecule has 0 radical (unpaired) electrons. The summed E-state index contributed by atoms with van der Waals surface area (Å²) in [7, 11) is -2.30. The van der Waals surface area contributed by atoms with Gasteiger partial charge in [0.05, 0.1) is 21.6 Å². The molecule has 1 heterocycles. The van der Waals surface area contributed by atoms with Crippen LogP contribution in [0.15, 0.2) is 76.4 Å². The van der Waals surface area contributed by atoms with Gasteiger partial charge >= 0.3 is 5.69 Å². The Morgan fingerprint density at radius 3 is 2.36 bits per heavy atom. The van der Waals surface area contributed by atoms with Gasteiger partial charge in [-0.05, 0) is 66.7 Å². The second kappa shape index (κ2) is 9.00. The van der Waals surface area contributed by atoms with Gasteiger partial charge < -0.3 is 20.0 Å². The molecule has 0 aliphatic rings. The highest BCUT2D eigenvalue weighted by molar-refractivity contribution is 7.92. The normalized spacial score (nSPS) is 11.3. The van der Waals surface area contributed by atoms with E-state index in [1.807, 2.05) is 0 Å². The fraction of sp³-hybridized carbons (Fsp3) is 0.0909. The quantitative estimate of drug-likeness (QED) is 0.369. The minimum atomic E-state index is -3.75. The van der Waals surface area contributed by atoms with E-state index in [0.717, 1.165) is 4.31 Å². The summed E-state index contributed by atoms with van der Waals surface area (Å²) in [6.07, 6.45) is 0. The number of carbonyl (C=O) groups is 1.